The highest BCUT2D eigenvalue weighted by atomic mass is 35.5. The molecule has 4 rings (SSSR count). The summed E-state index contributed by atoms with van der Waals surface area (Å²) in [4.78, 5) is 25.7. The van der Waals surface area contributed by atoms with E-state index in [1.165, 1.54) is 17.3 Å². The number of dihydropyridines is 1. The first-order chi connectivity index (χ1) is 17.6. The highest BCUT2D eigenvalue weighted by molar-refractivity contribution is 8.03. The smallest absolute Gasteiger partial charge is 0.162 e. The van der Waals surface area contributed by atoms with Crippen molar-refractivity contribution in [1.29, 1.82) is 5.26 Å². The number of rotatable bonds is 7. The van der Waals surface area contributed by atoms with Gasteiger partial charge in [-0.1, -0.05) is 80.4 Å². The molecular weight excluding hydrogens is 523 g/mol. The molecule has 1 atom stereocenters. The van der Waals surface area contributed by atoms with E-state index in [0.29, 0.717) is 51.8 Å². The van der Waals surface area contributed by atoms with Crippen LogP contribution in [0.2, 0.25) is 10.0 Å². The molecule has 0 spiro atoms. The summed E-state index contributed by atoms with van der Waals surface area (Å²) in [6, 6.07) is 15.5. The molecule has 1 aliphatic heterocycles. The molecule has 0 saturated carbocycles. The number of nitrogens with one attached hydrogen (secondary N) is 1. The van der Waals surface area contributed by atoms with Crippen LogP contribution in [0.5, 0.6) is 0 Å². The maximum Gasteiger partial charge on any atom is 0.162 e. The molecule has 0 unspecified atom stereocenters. The van der Waals surface area contributed by atoms with Gasteiger partial charge in [0.1, 0.15) is 0 Å². The Hall–Kier alpha value is -2.52. The standard InChI is InChI=1S/C30H30Cl2N2O2S/c1-30(2,3)19-14-12-18(13-15-19)24(35)11-6-16-37-29-21(17-33)26(20-7-4-8-22(31)28(20)32)27-23(34-29)9-5-10-25(27)36/h4,7-8,12-15,26,34H,5-6,9-11,16H2,1-3H3/t26-/m0/s1. The van der Waals surface area contributed by atoms with Crippen molar-refractivity contribution in [2.75, 3.05) is 5.75 Å². The number of hydrogen-bond acceptors (Lipinski definition) is 5. The summed E-state index contributed by atoms with van der Waals surface area (Å²) in [5.41, 5.74) is 4.57. The molecule has 2 aliphatic rings. The molecule has 0 amide bonds. The third-order valence-corrected chi connectivity index (χ3v) is 8.76. The van der Waals surface area contributed by atoms with Gasteiger partial charge in [0.15, 0.2) is 11.6 Å². The van der Waals surface area contributed by atoms with E-state index in [0.717, 1.165) is 29.1 Å². The van der Waals surface area contributed by atoms with Gasteiger partial charge in [0, 0.05) is 29.7 Å². The van der Waals surface area contributed by atoms with E-state index in [2.05, 4.69) is 32.2 Å². The Morgan fingerprint density at radius 1 is 1.14 bits per heavy atom. The number of allylic oxidation sites excluding steroid dienone is 3. The van der Waals surface area contributed by atoms with Gasteiger partial charge in [0.25, 0.3) is 0 Å². The largest absolute Gasteiger partial charge is 0.352 e. The van der Waals surface area contributed by atoms with Crippen LogP contribution in [0, 0.1) is 11.3 Å². The third-order valence-electron chi connectivity index (χ3n) is 6.82. The van der Waals surface area contributed by atoms with Gasteiger partial charge in [0.2, 0.25) is 0 Å². The van der Waals surface area contributed by atoms with E-state index in [1.807, 2.05) is 30.3 Å². The van der Waals surface area contributed by atoms with E-state index in [4.69, 9.17) is 23.2 Å². The fraction of sp³-hybridized carbons (Fsp3) is 0.367. The molecule has 2 aromatic rings. The zero-order valence-corrected chi connectivity index (χ0v) is 23.6. The highest BCUT2D eigenvalue weighted by Crippen LogP contribution is 2.46. The molecule has 192 valence electrons. The summed E-state index contributed by atoms with van der Waals surface area (Å²) < 4.78 is 0. The number of Topliss-reactive ketones (excluding diaryl/α,β-unsaturated/α-hetero) is 2. The molecule has 0 radical (unpaired) electrons. The SMILES string of the molecule is CC(C)(C)c1ccc(C(=O)CCCSC2=C(C#N)[C@H](c3cccc(Cl)c3Cl)C3=C(CCCC3=O)N2)cc1. The Balaban J connectivity index is 1.50. The van der Waals surface area contributed by atoms with Gasteiger partial charge in [-0.05, 0) is 47.6 Å². The summed E-state index contributed by atoms with van der Waals surface area (Å²) in [6.45, 7) is 6.45. The summed E-state index contributed by atoms with van der Waals surface area (Å²) in [6.07, 6.45) is 3.05. The van der Waals surface area contributed by atoms with E-state index in [-0.39, 0.29) is 17.0 Å². The number of carbonyl (C=O) groups excluding carboxylic acids is 2. The van der Waals surface area contributed by atoms with Gasteiger partial charge >= 0.3 is 0 Å². The number of benzene rings is 2. The molecule has 0 saturated heterocycles. The number of halogens is 2. The summed E-state index contributed by atoms with van der Waals surface area (Å²) in [7, 11) is 0. The zero-order valence-electron chi connectivity index (χ0n) is 21.3. The van der Waals surface area contributed by atoms with Crippen molar-refractivity contribution >= 4 is 46.5 Å². The lowest BCUT2D eigenvalue weighted by Crippen LogP contribution is -2.31. The van der Waals surface area contributed by atoms with Gasteiger partial charge in [-0.2, -0.15) is 5.26 Å². The molecule has 7 heteroatoms. The predicted molar refractivity (Wildman–Crippen MR) is 152 cm³/mol. The third kappa shape index (κ3) is 5.98. The molecule has 1 heterocycles. The Bertz CT molecular complexity index is 1330. The fourth-order valence-electron chi connectivity index (χ4n) is 4.80. The van der Waals surface area contributed by atoms with Gasteiger partial charge in [-0.25, -0.2) is 0 Å². The molecule has 2 aromatic carbocycles. The average molecular weight is 554 g/mol. The number of thioether (sulfide) groups is 1. The van der Waals surface area contributed by atoms with Crippen LogP contribution in [0.1, 0.15) is 80.3 Å². The van der Waals surface area contributed by atoms with Crippen molar-refractivity contribution in [2.45, 2.75) is 64.2 Å². The maximum absolute atomic E-state index is 13.0. The Morgan fingerprint density at radius 3 is 2.54 bits per heavy atom. The fourth-order valence-corrected chi connectivity index (χ4v) is 6.22. The summed E-state index contributed by atoms with van der Waals surface area (Å²) in [5.74, 6) is 0.255. The van der Waals surface area contributed by atoms with Crippen molar-refractivity contribution in [3.8, 4) is 6.07 Å². The van der Waals surface area contributed by atoms with Crippen molar-refractivity contribution in [1.82, 2.24) is 5.32 Å². The van der Waals surface area contributed by atoms with Gasteiger partial charge < -0.3 is 5.32 Å². The van der Waals surface area contributed by atoms with E-state index in [1.54, 1.807) is 12.1 Å². The molecular formula is C30H30Cl2N2O2S. The number of nitrogens with zero attached hydrogens (tertiary/aromatic N) is 1. The van der Waals surface area contributed by atoms with Crippen molar-refractivity contribution in [3.05, 3.63) is 91.1 Å². The zero-order chi connectivity index (χ0) is 26.7. The highest BCUT2D eigenvalue weighted by Gasteiger charge is 2.38. The van der Waals surface area contributed by atoms with E-state index >= 15 is 0 Å². The van der Waals surface area contributed by atoms with Crippen LogP contribution in [0.3, 0.4) is 0 Å². The molecule has 1 N–H and O–H groups in total. The molecule has 4 nitrogen and oxygen atoms in total. The minimum absolute atomic E-state index is 0.0367. The second-order valence-electron chi connectivity index (χ2n) is 10.4. The van der Waals surface area contributed by atoms with Crippen molar-refractivity contribution in [2.24, 2.45) is 0 Å². The predicted octanol–water partition coefficient (Wildman–Crippen LogP) is 8.12. The second-order valence-corrected chi connectivity index (χ2v) is 12.3. The summed E-state index contributed by atoms with van der Waals surface area (Å²) >= 11 is 14.4. The normalized spacial score (nSPS) is 17.8. The number of hydrogen-bond donors (Lipinski definition) is 1. The Kier molecular flexibility index (Phi) is 8.53. The van der Waals surface area contributed by atoms with Crippen molar-refractivity contribution < 1.29 is 9.59 Å². The Labute approximate surface area is 233 Å². The monoisotopic (exact) mass is 552 g/mol. The number of carbonyl (C=O) groups is 2. The quantitative estimate of drug-likeness (QED) is 0.277. The van der Waals surface area contributed by atoms with Crippen LogP contribution >= 0.6 is 35.0 Å². The van der Waals surface area contributed by atoms with Gasteiger partial charge in [-0.3, -0.25) is 9.59 Å². The van der Waals surface area contributed by atoms with Crippen molar-refractivity contribution in [3.63, 3.8) is 0 Å². The van der Waals surface area contributed by atoms with Gasteiger partial charge in [0.05, 0.1) is 32.6 Å². The van der Waals surface area contributed by atoms with Crippen LogP contribution in [0.4, 0.5) is 0 Å². The lowest BCUT2D eigenvalue weighted by molar-refractivity contribution is -0.116. The minimum atomic E-state index is -0.550. The lowest BCUT2D eigenvalue weighted by Gasteiger charge is -2.33. The topological polar surface area (TPSA) is 70.0 Å². The van der Waals surface area contributed by atoms with E-state index in [9.17, 15) is 14.9 Å². The van der Waals surface area contributed by atoms with Crippen LogP contribution in [0.25, 0.3) is 0 Å². The van der Waals surface area contributed by atoms with Gasteiger partial charge in [-0.15, -0.1) is 11.8 Å². The minimum Gasteiger partial charge on any atom is -0.352 e. The molecule has 1 aliphatic carbocycles. The summed E-state index contributed by atoms with van der Waals surface area (Å²) in [5, 5.41) is 15.0. The molecule has 37 heavy (non-hydrogen) atoms. The maximum atomic E-state index is 13.0. The van der Waals surface area contributed by atoms with E-state index < -0.39 is 5.92 Å². The average Bonchev–Trinajstić information content (AvgIpc) is 2.87. The second kappa shape index (κ2) is 11.5. The number of ketones is 2. The number of nitriles is 1. The first kappa shape index (κ1) is 27.5. The van der Waals surface area contributed by atoms with Crippen LogP contribution < -0.4 is 5.32 Å². The molecule has 0 fully saturated rings. The van der Waals surface area contributed by atoms with Crippen LogP contribution in [-0.4, -0.2) is 17.3 Å². The van der Waals surface area contributed by atoms with Crippen LogP contribution in [-0.2, 0) is 10.2 Å². The Morgan fingerprint density at radius 2 is 1.86 bits per heavy atom. The first-order valence-corrected chi connectivity index (χ1v) is 14.2. The molecule has 0 aromatic heterocycles. The van der Waals surface area contributed by atoms with Crippen LogP contribution in [0.15, 0.2) is 64.3 Å². The molecule has 0 bridgehead atoms. The lowest BCUT2D eigenvalue weighted by atomic mass is 9.77. The first-order valence-electron chi connectivity index (χ1n) is 12.5.